The summed E-state index contributed by atoms with van der Waals surface area (Å²) in [7, 11) is 0. The fourth-order valence-corrected chi connectivity index (χ4v) is 3.56. The Hall–Kier alpha value is -0.220. The molecule has 2 aliphatic carbocycles. The fourth-order valence-electron chi connectivity index (χ4n) is 2.63. The molecule has 0 bridgehead atoms. The Kier molecular flexibility index (Phi) is 4.96. The largest absolute Gasteiger partial charge is 0.352 e. The van der Waals surface area contributed by atoms with Crippen molar-refractivity contribution in [3.8, 4) is 0 Å². The molecule has 0 aliphatic heterocycles. The van der Waals surface area contributed by atoms with Gasteiger partial charge in [-0.3, -0.25) is 4.79 Å². The van der Waals surface area contributed by atoms with Crippen LogP contribution in [0.3, 0.4) is 0 Å². The molecule has 3 nitrogen and oxygen atoms in total. The van der Waals surface area contributed by atoms with E-state index in [-0.39, 0.29) is 11.9 Å². The molecule has 2 rings (SSSR count). The van der Waals surface area contributed by atoms with Gasteiger partial charge in [0.05, 0.1) is 6.04 Å². The molecule has 1 amide bonds. The van der Waals surface area contributed by atoms with Crippen LogP contribution >= 0.6 is 11.8 Å². The van der Waals surface area contributed by atoms with Gasteiger partial charge in [-0.25, -0.2) is 0 Å². The van der Waals surface area contributed by atoms with Crippen LogP contribution in [0.15, 0.2) is 0 Å². The maximum atomic E-state index is 11.9. The molecule has 1 atom stereocenters. The van der Waals surface area contributed by atoms with Gasteiger partial charge in [0.1, 0.15) is 0 Å². The summed E-state index contributed by atoms with van der Waals surface area (Å²) in [5, 5.41) is 6.51. The number of carbonyl (C=O) groups excluding carboxylic acids is 1. The number of hydrogen-bond donors (Lipinski definition) is 2. The molecular formula is C14H26N2OS. The number of nitrogens with one attached hydrogen (secondary N) is 2. The molecule has 0 saturated heterocycles. The van der Waals surface area contributed by atoms with E-state index in [1.54, 1.807) is 0 Å². The lowest BCUT2D eigenvalue weighted by Crippen LogP contribution is -2.48. The van der Waals surface area contributed by atoms with Crippen LogP contribution in [0.1, 0.15) is 51.9 Å². The third-order valence-corrected chi connectivity index (χ3v) is 5.66. The Balaban J connectivity index is 1.75. The van der Waals surface area contributed by atoms with Crippen molar-refractivity contribution in [3.63, 3.8) is 0 Å². The average Bonchev–Trinajstić information content (AvgIpc) is 3.21. The van der Waals surface area contributed by atoms with E-state index in [1.165, 1.54) is 32.1 Å². The standard InChI is InChI=1S/C14H26N2OS/c1-11(13(17)16-12-6-7-12)15-10-14(18-2)8-4-3-5-9-14/h11-12,15H,3-10H2,1-2H3,(H,16,17). The zero-order valence-corrected chi connectivity index (χ0v) is 12.4. The van der Waals surface area contributed by atoms with Crippen LogP contribution in [-0.2, 0) is 4.79 Å². The van der Waals surface area contributed by atoms with Gasteiger partial charge in [0.2, 0.25) is 5.91 Å². The minimum absolute atomic E-state index is 0.0587. The summed E-state index contributed by atoms with van der Waals surface area (Å²) in [6.07, 6.45) is 11.2. The maximum absolute atomic E-state index is 11.9. The normalized spacial score (nSPS) is 24.6. The van der Waals surface area contributed by atoms with E-state index >= 15 is 0 Å². The van der Waals surface area contributed by atoms with Crippen LogP contribution in [0.5, 0.6) is 0 Å². The predicted octanol–water partition coefficient (Wildman–Crippen LogP) is 2.31. The van der Waals surface area contributed by atoms with Crippen molar-refractivity contribution in [2.75, 3.05) is 12.8 Å². The number of thioether (sulfide) groups is 1. The smallest absolute Gasteiger partial charge is 0.237 e. The number of amides is 1. The van der Waals surface area contributed by atoms with Gasteiger partial charge in [-0.2, -0.15) is 11.8 Å². The van der Waals surface area contributed by atoms with E-state index in [0.29, 0.717) is 10.8 Å². The molecule has 2 fully saturated rings. The van der Waals surface area contributed by atoms with Gasteiger partial charge >= 0.3 is 0 Å². The van der Waals surface area contributed by atoms with Gasteiger partial charge in [-0.1, -0.05) is 19.3 Å². The molecule has 1 unspecified atom stereocenters. The molecule has 18 heavy (non-hydrogen) atoms. The Morgan fingerprint density at radius 1 is 1.33 bits per heavy atom. The SMILES string of the molecule is CSC1(CNC(C)C(=O)NC2CC2)CCCCC1. The van der Waals surface area contributed by atoms with E-state index in [1.807, 2.05) is 18.7 Å². The first kappa shape index (κ1) is 14.2. The molecule has 4 heteroatoms. The third-order valence-electron chi connectivity index (χ3n) is 4.25. The van der Waals surface area contributed by atoms with E-state index in [2.05, 4.69) is 16.9 Å². The maximum Gasteiger partial charge on any atom is 0.237 e. The molecular weight excluding hydrogens is 244 g/mol. The Morgan fingerprint density at radius 2 is 2.00 bits per heavy atom. The van der Waals surface area contributed by atoms with Crippen LogP contribution in [0, 0.1) is 0 Å². The second kappa shape index (κ2) is 6.29. The lowest BCUT2D eigenvalue weighted by molar-refractivity contribution is -0.122. The quantitative estimate of drug-likeness (QED) is 0.778. The first-order chi connectivity index (χ1) is 8.65. The van der Waals surface area contributed by atoms with E-state index in [0.717, 1.165) is 19.4 Å². The van der Waals surface area contributed by atoms with Gasteiger partial charge in [-0.05, 0) is 38.9 Å². The van der Waals surface area contributed by atoms with Crippen LogP contribution in [0.2, 0.25) is 0 Å². The van der Waals surface area contributed by atoms with Crippen molar-refractivity contribution in [3.05, 3.63) is 0 Å². The highest BCUT2D eigenvalue weighted by Crippen LogP contribution is 2.38. The van der Waals surface area contributed by atoms with E-state index in [9.17, 15) is 4.79 Å². The molecule has 2 N–H and O–H groups in total. The first-order valence-corrected chi connectivity index (χ1v) is 8.47. The Bertz CT molecular complexity index is 286. The number of rotatable bonds is 6. The Morgan fingerprint density at radius 3 is 2.56 bits per heavy atom. The van der Waals surface area contributed by atoms with E-state index < -0.39 is 0 Å². The molecule has 0 aromatic carbocycles. The Labute approximate surface area is 115 Å². The van der Waals surface area contributed by atoms with Crippen LogP contribution in [-0.4, -0.2) is 35.5 Å². The minimum atomic E-state index is -0.0587. The van der Waals surface area contributed by atoms with Crippen molar-refractivity contribution >= 4 is 17.7 Å². The van der Waals surface area contributed by atoms with Crippen molar-refractivity contribution in [2.24, 2.45) is 0 Å². The molecule has 0 radical (unpaired) electrons. The van der Waals surface area contributed by atoms with Crippen LogP contribution in [0.25, 0.3) is 0 Å². The first-order valence-electron chi connectivity index (χ1n) is 7.24. The predicted molar refractivity (Wildman–Crippen MR) is 78.0 cm³/mol. The molecule has 0 spiro atoms. The van der Waals surface area contributed by atoms with Crippen molar-refractivity contribution in [1.29, 1.82) is 0 Å². The summed E-state index contributed by atoms with van der Waals surface area (Å²) in [6, 6.07) is 0.405. The fraction of sp³-hybridized carbons (Fsp3) is 0.929. The van der Waals surface area contributed by atoms with Gasteiger partial charge in [0.15, 0.2) is 0 Å². The summed E-state index contributed by atoms with van der Waals surface area (Å²) in [5.74, 6) is 0.171. The van der Waals surface area contributed by atoms with Gasteiger partial charge < -0.3 is 10.6 Å². The third kappa shape index (κ3) is 3.89. The highest BCUT2D eigenvalue weighted by atomic mass is 32.2. The molecule has 2 aliphatic rings. The lowest BCUT2D eigenvalue weighted by Gasteiger charge is -2.36. The van der Waals surface area contributed by atoms with Gasteiger partial charge in [-0.15, -0.1) is 0 Å². The van der Waals surface area contributed by atoms with Gasteiger partial charge in [0.25, 0.3) is 0 Å². The highest BCUT2D eigenvalue weighted by Gasteiger charge is 2.32. The molecule has 2 saturated carbocycles. The van der Waals surface area contributed by atoms with Crippen molar-refractivity contribution in [2.45, 2.75) is 68.7 Å². The summed E-state index contributed by atoms with van der Waals surface area (Å²) in [5.41, 5.74) is 0. The summed E-state index contributed by atoms with van der Waals surface area (Å²) in [4.78, 5) is 11.9. The molecule has 104 valence electrons. The summed E-state index contributed by atoms with van der Waals surface area (Å²) < 4.78 is 0.367. The second-order valence-electron chi connectivity index (χ2n) is 5.83. The number of carbonyl (C=O) groups is 1. The lowest BCUT2D eigenvalue weighted by atomic mass is 9.88. The topological polar surface area (TPSA) is 41.1 Å². The highest BCUT2D eigenvalue weighted by molar-refractivity contribution is 8.00. The van der Waals surface area contributed by atoms with Crippen molar-refractivity contribution < 1.29 is 4.79 Å². The zero-order chi connectivity index (χ0) is 13.0. The van der Waals surface area contributed by atoms with Crippen molar-refractivity contribution in [1.82, 2.24) is 10.6 Å². The van der Waals surface area contributed by atoms with E-state index in [4.69, 9.17) is 0 Å². The molecule has 0 aromatic rings. The zero-order valence-electron chi connectivity index (χ0n) is 11.6. The minimum Gasteiger partial charge on any atom is -0.352 e. The molecule has 0 heterocycles. The van der Waals surface area contributed by atoms with Crippen LogP contribution in [0.4, 0.5) is 0 Å². The monoisotopic (exact) mass is 270 g/mol. The van der Waals surface area contributed by atoms with Crippen LogP contribution < -0.4 is 10.6 Å². The average molecular weight is 270 g/mol. The van der Waals surface area contributed by atoms with Gasteiger partial charge in [0, 0.05) is 17.3 Å². The second-order valence-corrected chi connectivity index (χ2v) is 7.11. The molecule has 0 aromatic heterocycles. The number of hydrogen-bond acceptors (Lipinski definition) is 3. The summed E-state index contributed by atoms with van der Waals surface area (Å²) >= 11 is 1.98. The summed E-state index contributed by atoms with van der Waals surface area (Å²) in [6.45, 7) is 2.95.